The highest BCUT2D eigenvalue weighted by atomic mass is 19.1. The maximum absolute atomic E-state index is 14.7. The van der Waals surface area contributed by atoms with E-state index in [1.807, 2.05) is 17.7 Å². The van der Waals surface area contributed by atoms with Crippen LogP contribution in [0.4, 0.5) is 10.1 Å². The summed E-state index contributed by atoms with van der Waals surface area (Å²) >= 11 is 0. The van der Waals surface area contributed by atoms with Crippen LogP contribution in [0.25, 0.3) is 10.9 Å². The van der Waals surface area contributed by atoms with Gasteiger partial charge in [-0.3, -0.25) is 9.59 Å². The Kier molecular flexibility index (Phi) is 5.33. The third-order valence-corrected chi connectivity index (χ3v) is 8.73. The Bertz CT molecular complexity index is 1340. The number of ether oxygens (including phenoxy) is 1. The highest BCUT2D eigenvalue weighted by molar-refractivity contribution is 6.06. The highest BCUT2D eigenvalue weighted by Crippen LogP contribution is 2.72. The van der Waals surface area contributed by atoms with Gasteiger partial charge >= 0.3 is 5.97 Å². The van der Waals surface area contributed by atoms with Crippen molar-refractivity contribution in [3.63, 3.8) is 0 Å². The van der Waals surface area contributed by atoms with Gasteiger partial charge in [0.1, 0.15) is 5.82 Å². The molecule has 2 N–H and O–H groups in total. The molecular weight excluding hydrogens is 461 g/mol. The van der Waals surface area contributed by atoms with E-state index in [9.17, 15) is 19.1 Å². The number of rotatable bonds is 7. The molecule has 3 aliphatic carbocycles. The van der Waals surface area contributed by atoms with Gasteiger partial charge in [-0.05, 0) is 60.1 Å². The van der Waals surface area contributed by atoms with E-state index in [0.717, 1.165) is 37.6 Å². The van der Waals surface area contributed by atoms with E-state index in [1.54, 1.807) is 12.1 Å². The molecule has 0 spiro atoms. The maximum atomic E-state index is 14.7. The Morgan fingerprint density at radius 3 is 2.50 bits per heavy atom. The van der Waals surface area contributed by atoms with Crippen LogP contribution in [-0.4, -0.2) is 53.4 Å². The zero-order chi connectivity index (χ0) is 25.1. The second-order valence-corrected chi connectivity index (χ2v) is 10.7. The second-order valence-electron chi connectivity index (χ2n) is 10.7. The number of fused-ring (bicyclic) bond motifs is 1. The summed E-state index contributed by atoms with van der Waals surface area (Å²) in [5, 5.41) is 12.8. The standard InChI is InChI=1S/C28H30FN3O4/c1-18-27(14-24(33)34)16-28(18,17-27)30-26(35)22-6-7-23(29)21-8-9-32(25(21)22)15-19-2-4-20(5-3-19)31-10-12-36-13-11-31/h2-9,18H,10-17H2,1H3,(H,30,35)(H,33,34)/t18-,27?,28?/m0/s1. The molecule has 3 saturated carbocycles. The number of aliphatic carboxylic acids is 1. The smallest absolute Gasteiger partial charge is 0.303 e. The number of anilines is 1. The van der Waals surface area contributed by atoms with Gasteiger partial charge in [-0.15, -0.1) is 0 Å². The van der Waals surface area contributed by atoms with E-state index in [0.29, 0.717) is 35.9 Å². The number of hydrogen-bond donors (Lipinski definition) is 2. The Morgan fingerprint density at radius 1 is 1.11 bits per heavy atom. The molecular formula is C28H30FN3O4. The maximum Gasteiger partial charge on any atom is 0.303 e. The number of aromatic nitrogens is 1. The number of nitrogens with one attached hydrogen (secondary N) is 1. The second kappa shape index (κ2) is 8.34. The summed E-state index contributed by atoms with van der Waals surface area (Å²) in [7, 11) is 0. The van der Waals surface area contributed by atoms with Crippen molar-refractivity contribution in [2.75, 3.05) is 31.2 Å². The number of carboxylic acid groups (broad SMARTS) is 1. The topological polar surface area (TPSA) is 83.8 Å². The van der Waals surface area contributed by atoms with Crippen molar-refractivity contribution in [1.29, 1.82) is 0 Å². The minimum Gasteiger partial charge on any atom is -0.481 e. The molecule has 8 heteroatoms. The van der Waals surface area contributed by atoms with Crippen LogP contribution in [0.5, 0.6) is 0 Å². The van der Waals surface area contributed by atoms with E-state index < -0.39 is 5.97 Å². The fourth-order valence-corrected chi connectivity index (χ4v) is 6.65. The third-order valence-electron chi connectivity index (χ3n) is 8.73. The molecule has 3 aromatic rings. The summed E-state index contributed by atoms with van der Waals surface area (Å²) in [4.78, 5) is 26.9. The van der Waals surface area contributed by atoms with Crippen molar-refractivity contribution < 1.29 is 23.8 Å². The number of carbonyl (C=O) groups excluding carboxylic acids is 1. The van der Waals surface area contributed by atoms with Crippen molar-refractivity contribution in [2.24, 2.45) is 11.3 Å². The van der Waals surface area contributed by atoms with Crippen LogP contribution in [0.1, 0.15) is 42.1 Å². The molecule has 1 amide bonds. The first-order valence-corrected chi connectivity index (χ1v) is 12.5. The lowest BCUT2D eigenvalue weighted by Gasteiger charge is -2.75. The minimum atomic E-state index is -0.794. The number of benzene rings is 2. The first-order chi connectivity index (χ1) is 17.3. The van der Waals surface area contributed by atoms with Gasteiger partial charge in [0.15, 0.2) is 0 Å². The fourth-order valence-electron chi connectivity index (χ4n) is 6.65. The first-order valence-electron chi connectivity index (χ1n) is 12.5. The fraction of sp³-hybridized carbons (Fsp3) is 0.429. The highest BCUT2D eigenvalue weighted by Gasteiger charge is 2.74. The van der Waals surface area contributed by atoms with Crippen molar-refractivity contribution in [3.8, 4) is 0 Å². The first kappa shape index (κ1) is 23.0. The molecule has 7 nitrogen and oxygen atoms in total. The lowest BCUT2D eigenvalue weighted by molar-refractivity contribution is -0.222. The predicted octanol–water partition coefficient (Wildman–Crippen LogP) is 4.04. The zero-order valence-corrected chi connectivity index (χ0v) is 20.3. The van der Waals surface area contributed by atoms with E-state index in [2.05, 4.69) is 34.5 Å². The third kappa shape index (κ3) is 3.58. The average Bonchev–Trinajstić information content (AvgIpc) is 3.28. The number of hydrogen-bond acceptors (Lipinski definition) is 4. The quantitative estimate of drug-likeness (QED) is 0.521. The minimum absolute atomic E-state index is 0.109. The molecule has 1 aromatic heterocycles. The molecule has 188 valence electrons. The number of amides is 1. The summed E-state index contributed by atoms with van der Waals surface area (Å²) < 4.78 is 22.0. The monoisotopic (exact) mass is 491 g/mol. The van der Waals surface area contributed by atoms with Gasteiger partial charge in [-0.2, -0.15) is 0 Å². The van der Waals surface area contributed by atoms with Gasteiger partial charge in [-0.1, -0.05) is 19.1 Å². The molecule has 4 aliphatic rings. The molecule has 4 fully saturated rings. The Labute approximate surface area is 208 Å². The number of nitrogens with zero attached hydrogens (tertiary/aromatic N) is 2. The Balaban J connectivity index is 1.23. The van der Waals surface area contributed by atoms with Gasteiger partial charge in [0, 0.05) is 42.4 Å². The van der Waals surface area contributed by atoms with Crippen LogP contribution in [0.3, 0.4) is 0 Å². The van der Waals surface area contributed by atoms with E-state index >= 15 is 0 Å². The van der Waals surface area contributed by atoms with Crippen molar-refractivity contribution in [3.05, 3.63) is 65.6 Å². The lowest BCUT2D eigenvalue weighted by Crippen LogP contribution is -2.81. The largest absolute Gasteiger partial charge is 0.481 e. The molecule has 2 aromatic carbocycles. The van der Waals surface area contributed by atoms with E-state index in [4.69, 9.17) is 4.74 Å². The molecule has 0 radical (unpaired) electrons. The number of carbonyl (C=O) groups is 2. The van der Waals surface area contributed by atoms with Crippen molar-refractivity contribution >= 4 is 28.5 Å². The van der Waals surface area contributed by atoms with Crippen LogP contribution in [-0.2, 0) is 16.1 Å². The van der Waals surface area contributed by atoms with Gasteiger partial charge < -0.3 is 24.6 Å². The molecule has 2 heterocycles. The summed E-state index contributed by atoms with van der Waals surface area (Å²) in [6.07, 6.45) is 3.33. The van der Waals surface area contributed by atoms with Crippen LogP contribution in [0, 0.1) is 17.2 Å². The SMILES string of the molecule is C[C@H]1C2(CC(=O)O)CC1(NC(=O)c1ccc(F)c3ccn(Cc4ccc(N5CCOCC5)cc4)c13)C2. The van der Waals surface area contributed by atoms with E-state index in [-0.39, 0.29) is 35.0 Å². The van der Waals surface area contributed by atoms with Gasteiger partial charge in [0.05, 0.1) is 30.7 Å². The molecule has 36 heavy (non-hydrogen) atoms. The van der Waals surface area contributed by atoms with Crippen molar-refractivity contribution in [2.45, 2.75) is 38.3 Å². The zero-order valence-electron chi connectivity index (χ0n) is 20.3. The average molecular weight is 492 g/mol. The molecule has 1 aliphatic heterocycles. The Hall–Kier alpha value is -3.39. The normalized spacial score (nSPS) is 26.8. The van der Waals surface area contributed by atoms with Gasteiger partial charge in [-0.25, -0.2) is 4.39 Å². The summed E-state index contributed by atoms with van der Waals surface area (Å²) in [5.74, 6) is -1.28. The lowest BCUT2D eigenvalue weighted by atomic mass is 9.32. The van der Waals surface area contributed by atoms with Crippen LogP contribution in [0.2, 0.25) is 0 Å². The van der Waals surface area contributed by atoms with Gasteiger partial charge in [0.2, 0.25) is 0 Å². The van der Waals surface area contributed by atoms with Crippen LogP contribution >= 0.6 is 0 Å². The van der Waals surface area contributed by atoms with E-state index in [1.165, 1.54) is 6.07 Å². The van der Waals surface area contributed by atoms with Crippen molar-refractivity contribution in [1.82, 2.24) is 9.88 Å². The molecule has 7 rings (SSSR count). The number of carboxylic acids is 1. The predicted molar refractivity (Wildman–Crippen MR) is 134 cm³/mol. The molecule has 0 unspecified atom stereocenters. The van der Waals surface area contributed by atoms with Crippen LogP contribution in [0.15, 0.2) is 48.7 Å². The number of morpholine rings is 1. The summed E-state index contributed by atoms with van der Waals surface area (Å²) in [6, 6.07) is 12.9. The molecule has 1 saturated heterocycles. The molecule has 2 bridgehead atoms. The summed E-state index contributed by atoms with van der Waals surface area (Å²) in [5.41, 5.74) is 2.66. The number of halogens is 1. The Morgan fingerprint density at radius 2 is 1.83 bits per heavy atom. The van der Waals surface area contributed by atoms with Crippen LogP contribution < -0.4 is 10.2 Å². The molecule has 1 atom stereocenters. The van der Waals surface area contributed by atoms with Gasteiger partial charge in [0.25, 0.3) is 5.91 Å². The summed E-state index contributed by atoms with van der Waals surface area (Å²) in [6.45, 7) is 5.73.